The molecule has 1 aliphatic heterocycles. The van der Waals surface area contributed by atoms with Gasteiger partial charge in [0.1, 0.15) is 0 Å². The molecule has 4 heteroatoms. The molecule has 0 spiro atoms. The van der Waals surface area contributed by atoms with Crippen LogP contribution in [-0.4, -0.2) is 11.8 Å². The Balaban J connectivity index is 2.46. The maximum Gasteiger partial charge on any atom is 0.234 e. The zero-order valence-electron chi connectivity index (χ0n) is 11.2. The lowest BCUT2D eigenvalue weighted by Gasteiger charge is -2.41. The lowest BCUT2D eigenvalue weighted by Crippen LogP contribution is -2.50. The molecule has 0 radical (unpaired) electrons. The number of carbonyl (C=O) groups is 2. The number of rotatable bonds is 3. The Morgan fingerprint density at radius 1 is 1.21 bits per heavy atom. The van der Waals surface area contributed by atoms with Crippen LogP contribution in [-0.2, 0) is 9.59 Å². The van der Waals surface area contributed by atoms with Gasteiger partial charge in [0.2, 0.25) is 11.8 Å². The number of halogens is 1. The van der Waals surface area contributed by atoms with E-state index in [1.54, 1.807) is 12.1 Å². The number of amides is 2. The van der Waals surface area contributed by atoms with E-state index in [4.69, 9.17) is 11.6 Å². The molecule has 0 aliphatic carbocycles. The summed E-state index contributed by atoms with van der Waals surface area (Å²) in [6.07, 6.45) is 2.00. The van der Waals surface area contributed by atoms with Crippen LogP contribution in [0.5, 0.6) is 0 Å². The number of carbonyl (C=O) groups excluding carboxylic acids is 2. The van der Waals surface area contributed by atoms with Crippen LogP contribution in [0, 0.1) is 5.41 Å². The lowest BCUT2D eigenvalue weighted by molar-refractivity contribution is -0.140. The van der Waals surface area contributed by atoms with E-state index in [0.29, 0.717) is 11.4 Å². The molecule has 102 valence electrons. The molecule has 1 aromatic carbocycles. The van der Waals surface area contributed by atoms with Gasteiger partial charge in [-0.2, -0.15) is 0 Å². The Morgan fingerprint density at radius 2 is 1.79 bits per heavy atom. The van der Waals surface area contributed by atoms with Gasteiger partial charge in [0.25, 0.3) is 0 Å². The van der Waals surface area contributed by atoms with Gasteiger partial charge in [0, 0.05) is 11.4 Å². The number of nitrogens with one attached hydrogen (secondary N) is 1. The van der Waals surface area contributed by atoms with Gasteiger partial charge in [0.15, 0.2) is 0 Å². The monoisotopic (exact) mass is 279 g/mol. The number of hydrogen-bond donors (Lipinski definition) is 1. The van der Waals surface area contributed by atoms with Gasteiger partial charge in [0.05, 0.1) is 5.92 Å². The van der Waals surface area contributed by atoms with Crippen molar-refractivity contribution in [3.05, 3.63) is 34.9 Å². The number of imide groups is 1. The Kier molecular flexibility index (Phi) is 3.95. The fourth-order valence-electron chi connectivity index (χ4n) is 3.02. The molecule has 1 aromatic rings. The van der Waals surface area contributed by atoms with Crippen molar-refractivity contribution in [3.8, 4) is 0 Å². The zero-order valence-corrected chi connectivity index (χ0v) is 12.0. The van der Waals surface area contributed by atoms with Crippen molar-refractivity contribution < 1.29 is 9.59 Å². The third-order valence-electron chi connectivity index (χ3n) is 4.26. The van der Waals surface area contributed by atoms with Gasteiger partial charge in [-0.15, -0.1) is 0 Å². The molecule has 0 saturated carbocycles. The molecule has 19 heavy (non-hydrogen) atoms. The third kappa shape index (κ3) is 2.52. The van der Waals surface area contributed by atoms with Crippen LogP contribution in [0.25, 0.3) is 0 Å². The normalized spacial score (nSPS) is 22.2. The fourth-order valence-corrected chi connectivity index (χ4v) is 3.15. The predicted molar refractivity (Wildman–Crippen MR) is 75.0 cm³/mol. The maximum absolute atomic E-state index is 12.3. The standard InChI is InChI=1S/C15H18ClNO2/c1-3-15(4-2)9-12(18)17-14(19)13(15)10-5-7-11(16)8-6-10/h5-8,13H,3-4,9H2,1-2H3,(H,17,18,19). The number of piperidine rings is 1. The Labute approximate surface area is 118 Å². The molecule has 3 nitrogen and oxygen atoms in total. The van der Waals surface area contributed by atoms with E-state index in [0.717, 1.165) is 18.4 Å². The average Bonchev–Trinajstić information content (AvgIpc) is 2.39. The molecule has 1 saturated heterocycles. The van der Waals surface area contributed by atoms with E-state index in [9.17, 15) is 9.59 Å². The van der Waals surface area contributed by atoms with E-state index in [1.165, 1.54) is 0 Å². The van der Waals surface area contributed by atoms with Crippen LogP contribution in [0.1, 0.15) is 44.6 Å². The summed E-state index contributed by atoms with van der Waals surface area (Å²) in [5.74, 6) is -0.640. The first-order valence-corrected chi connectivity index (χ1v) is 6.99. The first-order chi connectivity index (χ1) is 9.02. The average molecular weight is 280 g/mol. The largest absolute Gasteiger partial charge is 0.296 e. The molecule has 1 atom stereocenters. The topological polar surface area (TPSA) is 46.2 Å². The highest BCUT2D eigenvalue weighted by atomic mass is 35.5. The SMILES string of the molecule is CCC1(CC)CC(=O)NC(=O)C1c1ccc(Cl)cc1. The Morgan fingerprint density at radius 3 is 2.32 bits per heavy atom. The molecule has 2 rings (SSSR count). The van der Waals surface area contributed by atoms with E-state index in [2.05, 4.69) is 5.32 Å². The van der Waals surface area contributed by atoms with Crippen molar-refractivity contribution in [2.24, 2.45) is 5.41 Å². The van der Waals surface area contributed by atoms with Gasteiger partial charge in [-0.05, 0) is 36.0 Å². The predicted octanol–water partition coefficient (Wildman–Crippen LogP) is 3.28. The highest BCUT2D eigenvalue weighted by Gasteiger charge is 2.46. The van der Waals surface area contributed by atoms with Gasteiger partial charge in [-0.3, -0.25) is 14.9 Å². The molecule has 0 aromatic heterocycles. The molecule has 1 aliphatic rings. The van der Waals surface area contributed by atoms with Gasteiger partial charge in [-0.1, -0.05) is 37.6 Å². The Bertz CT molecular complexity index is 491. The van der Waals surface area contributed by atoms with Crippen molar-refractivity contribution >= 4 is 23.4 Å². The first kappa shape index (κ1) is 14.1. The van der Waals surface area contributed by atoms with E-state index in [1.807, 2.05) is 26.0 Å². The van der Waals surface area contributed by atoms with Crippen LogP contribution < -0.4 is 5.32 Å². The van der Waals surface area contributed by atoms with Crippen molar-refractivity contribution in [3.63, 3.8) is 0 Å². The van der Waals surface area contributed by atoms with Crippen molar-refractivity contribution in [1.82, 2.24) is 5.32 Å². The van der Waals surface area contributed by atoms with Crippen molar-refractivity contribution in [2.75, 3.05) is 0 Å². The van der Waals surface area contributed by atoms with Crippen molar-refractivity contribution in [2.45, 2.75) is 39.0 Å². The van der Waals surface area contributed by atoms with E-state index >= 15 is 0 Å². The van der Waals surface area contributed by atoms with Crippen molar-refractivity contribution in [1.29, 1.82) is 0 Å². The van der Waals surface area contributed by atoms with Crippen LogP contribution >= 0.6 is 11.6 Å². The molecule has 1 unspecified atom stereocenters. The molecule has 2 amide bonds. The van der Waals surface area contributed by atoms with E-state index < -0.39 is 0 Å². The third-order valence-corrected chi connectivity index (χ3v) is 4.51. The summed E-state index contributed by atoms with van der Waals surface area (Å²) in [6.45, 7) is 4.08. The van der Waals surface area contributed by atoms with Gasteiger partial charge >= 0.3 is 0 Å². The highest BCUT2D eigenvalue weighted by molar-refractivity contribution is 6.30. The second-order valence-electron chi connectivity index (χ2n) is 5.14. The summed E-state index contributed by atoms with van der Waals surface area (Å²) >= 11 is 5.89. The van der Waals surface area contributed by atoms with E-state index in [-0.39, 0.29) is 23.1 Å². The summed E-state index contributed by atoms with van der Waals surface area (Å²) in [5, 5.41) is 3.10. The summed E-state index contributed by atoms with van der Waals surface area (Å²) in [6, 6.07) is 7.33. The van der Waals surface area contributed by atoms with Crippen LogP contribution in [0.2, 0.25) is 5.02 Å². The zero-order chi connectivity index (χ0) is 14.0. The molecule has 1 fully saturated rings. The summed E-state index contributed by atoms with van der Waals surface area (Å²) < 4.78 is 0. The summed E-state index contributed by atoms with van der Waals surface area (Å²) in [5.41, 5.74) is 0.644. The number of hydrogen-bond acceptors (Lipinski definition) is 2. The number of benzene rings is 1. The van der Waals surface area contributed by atoms with Crippen LogP contribution in [0.3, 0.4) is 0 Å². The maximum atomic E-state index is 12.3. The molecular weight excluding hydrogens is 262 g/mol. The smallest absolute Gasteiger partial charge is 0.234 e. The fraction of sp³-hybridized carbons (Fsp3) is 0.467. The Hall–Kier alpha value is -1.35. The summed E-state index contributed by atoms with van der Waals surface area (Å²) in [7, 11) is 0. The molecule has 1 N–H and O–H groups in total. The minimum absolute atomic E-state index is 0.168. The minimum atomic E-state index is -0.284. The lowest BCUT2D eigenvalue weighted by atomic mass is 9.64. The second-order valence-corrected chi connectivity index (χ2v) is 5.58. The molecule has 0 bridgehead atoms. The molecule has 1 heterocycles. The minimum Gasteiger partial charge on any atom is -0.296 e. The summed E-state index contributed by atoms with van der Waals surface area (Å²) in [4.78, 5) is 23.9. The van der Waals surface area contributed by atoms with Gasteiger partial charge < -0.3 is 0 Å². The van der Waals surface area contributed by atoms with Crippen LogP contribution in [0.15, 0.2) is 24.3 Å². The first-order valence-electron chi connectivity index (χ1n) is 6.61. The molecular formula is C15H18ClNO2. The highest BCUT2D eigenvalue weighted by Crippen LogP contribution is 2.47. The van der Waals surface area contributed by atoms with Crippen LogP contribution in [0.4, 0.5) is 0 Å². The second kappa shape index (κ2) is 5.33. The quantitative estimate of drug-likeness (QED) is 0.863. The van der Waals surface area contributed by atoms with Gasteiger partial charge in [-0.25, -0.2) is 0 Å².